The molecule has 4 nitrogen and oxygen atoms in total. The van der Waals surface area contributed by atoms with Crippen LogP contribution in [0.2, 0.25) is 0 Å². The van der Waals surface area contributed by atoms with E-state index < -0.39 is 22.9 Å². The third-order valence-electron chi connectivity index (χ3n) is 3.48. The molecule has 0 N–H and O–H groups in total. The van der Waals surface area contributed by atoms with Gasteiger partial charge in [0.1, 0.15) is 5.75 Å². The summed E-state index contributed by atoms with van der Waals surface area (Å²) in [5.74, 6) is 0.129. The smallest absolute Gasteiger partial charge is 0.422 e. The Bertz CT molecular complexity index is 798. The van der Waals surface area contributed by atoms with Crippen LogP contribution in [0.4, 0.5) is 13.2 Å². The molecule has 0 fully saturated rings. The number of rotatable bonds is 8. The largest absolute Gasteiger partial charge is 0.484 e. The zero-order valence-corrected chi connectivity index (χ0v) is 14.9. The molecule has 0 saturated heterocycles. The lowest BCUT2D eigenvalue weighted by Gasteiger charge is -2.09. The van der Waals surface area contributed by atoms with Crippen LogP contribution in [0.1, 0.15) is 17.5 Å². The number of aryl methyl sites for hydroxylation is 2. The van der Waals surface area contributed by atoms with E-state index in [1.54, 1.807) is 24.3 Å². The third-order valence-corrected chi connectivity index (χ3v) is 4.81. The molecule has 0 aromatic heterocycles. The zero-order valence-electron chi connectivity index (χ0n) is 14.1. The molecule has 2 aromatic rings. The lowest BCUT2D eigenvalue weighted by atomic mass is 10.1. The molecular weight excluding hydrogens is 369 g/mol. The molecule has 0 unspecified atom stereocenters. The van der Waals surface area contributed by atoms with Crippen molar-refractivity contribution < 1.29 is 30.5 Å². The predicted molar refractivity (Wildman–Crippen MR) is 90.6 cm³/mol. The Hall–Kier alpha value is -2.06. The number of hydrogen-bond donors (Lipinski definition) is 0. The second-order valence-corrected chi connectivity index (χ2v) is 7.36. The maximum Gasteiger partial charge on any atom is 0.422 e. The average Bonchev–Trinajstić information content (AvgIpc) is 2.58. The molecule has 0 atom stereocenters. The Labute approximate surface area is 150 Å². The van der Waals surface area contributed by atoms with Crippen molar-refractivity contribution in [3.63, 3.8) is 0 Å². The van der Waals surface area contributed by atoms with Crippen molar-refractivity contribution in [2.24, 2.45) is 0 Å². The summed E-state index contributed by atoms with van der Waals surface area (Å²) in [4.78, 5) is 0.106. The molecule has 0 aliphatic rings. The summed E-state index contributed by atoms with van der Waals surface area (Å²) in [6, 6.07) is 12.5. The lowest BCUT2D eigenvalue weighted by molar-refractivity contribution is -0.153. The molecule has 0 spiro atoms. The minimum atomic E-state index is -4.38. The van der Waals surface area contributed by atoms with Crippen molar-refractivity contribution in [3.05, 3.63) is 59.7 Å². The number of hydrogen-bond acceptors (Lipinski definition) is 4. The molecule has 0 heterocycles. The number of halogens is 3. The first kappa shape index (κ1) is 20.3. The summed E-state index contributed by atoms with van der Waals surface area (Å²) in [5, 5.41) is 0. The highest BCUT2D eigenvalue weighted by molar-refractivity contribution is 7.86. The molecule has 26 heavy (non-hydrogen) atoms. The maximum absolute atomic E-state index is 12.1. The SMILES string of the molecule is Cc1ccc(S(=O)(=O)OCCCc2ccc(OCC(F)(F)F)cc2)cc1. The van der Waals surface area contributed by atoms with E-state index in [0.29, 0.717) is 12.8 Å². The van der Waals surface area contributed by atoms with Gasteiger partial charge in [0.2, 0.25) is 0 Å². The minimum Gasteiger partial charge on any atom is -0.484 e. The summed E-state index contributed by atoms with van der Waals surface area (Å²) in [5.41, 5.74) is 1.80. The topological polar surface area (TPSA) is 52.6 Å². The molecule has 0 radical (unpaired) electrons. The number of benzene rings is 2. The normalized spacial score (nSPS) is 12.2. The van der Waals surface area contributed by atoms with Gasteiger partial charge in [-0.05, 0) is 49.6 Å². The fraction of sp³-hybridized carbons (Fsp3) is 0.333. The summed E-state index contributed by atoms with van der Waals surface area (Å²) >= 11 is 0. The van der Waals surface area contributed by atoms with Crippen LogP contribution in [0.25, 0.3) is 0 Å². The fourth-order valence-corrected chi connectivity index (χ4v) is 3.08. The molecule has 0 bridgehead atoms. The highest BCUT2D eigenvalue weighted by Crippen LogP contribution is 2.19. The van der Waals surface area contributed by atoms with Crippen LogP contribution in [-0.4, -0.2) is 27.8 Å². The van der Waals surface area contributed by atoms with E-state index in [1.165, 1.54) is 24.3 Å². The Morgan fingerprint density at radius 1 is 0.962 bits per heavy atom. The van der Waals surface area contributed by atoms with Crippen LogP contribution < -0.4 is 4.74 Å². The first-order valence-electron chi connectivity index (χ1n) is 7.90. The van der Waals surface area contributed by atoms with Gasteiger partial charge in [-0.2, -0.15) is 21.6 Å². The molecular formula is C18H19F3O4S. The molecule has 0 aliphatic heterocycles. The van der Waals surface area contributed by atoms with E-state index in [4.69, 9.17) is 4.18 Å². The second kappa shape index (κ2) is 8.55. The van der Waals surface area contributed by atoms with Crippen molar-refractivity contribution in [3.8, 4) is 5.75 Å². The van der Waals surface area contributed by atoms with Gasteiger partial charge in [-0.1, -0.05) is 29.8 Å². The zero-order chi connectivity index (χ0) is 19.2. The Morgan fingerprint density at radius 2 is 1.58 bits per heavy atom. The summed E-state index contributed by atoms with van der Waals surface area (Å²) in [6.07, 6.45) is -3.39. The quantitative estimate of drug-likeness (QED) is 0.501. The van der Waals surface area contributed by atoms with Crippen LogP contribution in [-0.2, 0) is 20.7 Å². The predicted octanol–water partition coefficient (Wildman–Crippen LogP) is 4.27. The van der Waals surface area contributed by atoms with Crippen molar-refractivity contribution in [1.82, 2.24) is 0 Å². The van der Waals surface area contributed by atoms with E-state index in [2.05, 4.69) is 4.74 Å². The summed E-state index contributed by atoms with van der Waals surface area (Å²) < 4.78 is 69.9. The molecule has 2 rings (SSSR count). The van der Waals surface area contributed by atoms with Gasteiger partial charge in [0.15, 0.2) is 6.61 Å². The highest BCUT2D eigenvalue weighted by atomic mass is 32.2. The van der Waals surface area contributed by atoms with Crippen LogP contribution in [0.15, 0.2) is 53.4 Å². The Morgan fingerprint density at radius 3 is 2.15 bits per heavy atom. The standard InChI is InChI=1S/C18H19F3O4S/c1-14-4-10-17(11-5-14)26(22,23)25-12-2-3-15-6-8-16(9-7-15)24-13-18(19,20)21/h4-11H,2-3,12-13H2,1H3. The highest BCUT2D eigenvalue weighted by Gasteiger charge is 2.28. The van der Waals surface area contributed by atoms with Gasteiger partial charge in [-0.15, -0.1) is 0 Å². The minimum absolute atomic E-state index is 0.0164. The molecule has 2 aromatic carbocycles. The summed E-state index contributed by atoms with van der Waals surface area (Å²) in [7, 11) is -3.79. The fourth-order valence-electron chi connectivity index (χ4n) is 2.14. The molecule has 8 heteroatoms. The molecule has 0 aliphatic carbocycles. The van der Waals surface area contributed by atoms with Crippen molar-refractivity contribution >= 4 is 10.1 Å². The van der Waals surface area contributed by atoms with Crippen molar-refractivity contribution in [2.75, 3.05) is 13.2 Å². The monoisotopic (exact) mass is 388 g/mol. The second-order valence-electron chi connectivity index (χ2n) is 5.74. The van der Waals surface area contributed by atoms with Gasteiger partial charge in [-0.3, -0.25) is 4.18 Å². The maximum atomic E-state index is 12.1. The molecule has 142 valence electrons. The van der Waals surface area contributed by atoms with Gasteiger partial charge in [0, 0.05) is 0 Å². The van der Waals surface area contributed by atoms with Gasteiger partial charge in [0.25, 0.3) is 10.1 Å². The summed E-state index contributed by atoms with van der Waals surface area (Å²) in [6.45, 7) is 0.538. The van der Waals surface area contributed by atoms with E-state index in [1.807, 2.05) is 6.92 Å². The lowest BCUT2D eigenvalue weighted by Crippen LogP contribution is -2.19. The van der Waals surface area contributed by atoms with Gasteiger partial charge < -0.3 is 4.74 Å². The van der Waals surface area contributed by atoms with Crippen LogP contribution in [0.3, 0.4) is 0 Å². The molecule has 0 amide bonds. The first-order chi connectivity index (χ1) is 12.2. The molecule has 0 saturated carbocycles. The Kier molecular flexibility index (Phi) is 6.66. The van der Waals surface area contributed by atoms with E-state index >= 15 is 0 Å². The average molecular weight is 388 g/mol. The van der Waals surface area contributed by atoms with Gasteiger partial charge in [0.05, 0.1) is 11.5 Å². The van der Waals surface area contributed by atoms with Crippen molar-refractivity contribution in [2.45, 2.75) is 30.8 Å². The van der Waals surface area contributed by atoms with E-state index in [0.717, 1.165) is 11.1 Å². The van der Waals surface area contributed by atoms with Crippen LogP contribution in [0.5, 0.6) is 5.75 Å². The Balaban J connectivity index is 1.78. The third kappa shape index (κ3) is 6.68. The van der Waals surface area contributed by atoms with Crippen LogP contribution in [0, 0.1) is 6.92 Å². The number of ether oxygens (including phenoxy) is 1. The first-order valence-corrected chi connectivity index (χ1v) is 9.31. The number of alkyl halides is 3. The van der Waals surface area contributed by atoms with Gasteiger partial charge in [-0.25, -0.2) is 0 Å². The van der Waals surface area contributed by atoms with Crippen molar-refractivity contribution in [1.29, 1.82) is 0 Å². The van der Waals surface area contributed by atoms with E-state index in [9.17, 15) is 21.6 Å². The van der Waals surface area contributed by atoms with Crippen LogP contribution >= 0.6 is 0 Å². The van der Waals surface area contributed by atoms with Gasteiger partial charge >= 0.3 is 6.18 Å². The van der Waals surface area contributed by atoms with E-state index in [-0.39, 0.29) is 17.3 Å².